The first kappa shape index (κ1) is 14.9. The molecule has 0 radical (unpaired) electrons. The zero-order valence-electron chi connectivity index (χ0n) is 10.2. The van der Waals surface area contributed by atoms with E-state index in [1.165, 1.54) is 12.1 Å². The van der Waals surface area contributed by atoms with Crippen molar-refractivity contribution in [1.82, 2.24) is 10.6 Å². The maximum Gasteiger partial charge on any atom is 0.329 e. The summed E-state index contributed by atoms with van der Waals surface area (Å²) in [5.74, 6) is -1.38. The Morgan fingerprint density at radius 2 is 1.89 bits per heavy atom. The maximum atomic E-state index is 12.6. The molecule has 0 fully saturated rings. The second-order valence-electron chi connectivity index (χ2n) is 3.68. The summed E-state index contributed by atoms with van der Waals surface area (Å²) in [6.45, 7) is 0.222. The summed E-state index contributed by atoms with van der Waals surface area (Å²) < 4.78 is 17.4. The number of carboxylic acids is 1. The third-order valence-electron chi connectivity index (χ3n) is 2.12. The monoisotopic (exact) mass is 270 g/mol. The highest BCUT2D eigenvalue weighted by molar-refractivity contribution is 5.73. The minimum Gasteiger partial charge on any atom is -0.480 e. The second-order valence-corrected chi connectivity index (χ2v) is 3.68. The Kier molecular flexibility index (Phi) is 6.31. The largest absolute Gasteiger partial charge is 0.480 e. The van der Waals surface area contributed by atoms with Gasteiger partial charge >= 0.3 is 12.0 Å². The van der Waals surface area contributed by atoms with E-state index in [0.29, 0.717) is 0 Å². The Hall–Kier alpha value is -2.15. The van der Waals surface area contributed by atoms with Crippen LogP contribution >= 0.6 is 0 Å². The van der Waals surface area contributed by atoms with E-state index in [1.54, 1.807) is 12.1 Å². The van der Waals surface area contributed by atoms with Crippen molar-refractivity contribution in [1.29, 1.82) is 0 Å². The fraction of sp³-hybridized carbons (Fsp3) is 0.333. The Bertz CT molecular complexity index is 422. The van der Waals surface area contributed by atoms with Gasteiger partial charge < -0.3 is 20.5 Å². The maximum absolute atomic E-state index is 12.6. The normalized spacial score (nSPS) is 9.95. The molecule has 1 rings (SSSR count). The second kappa shape index (κ2) is 8.04. The molecule has 2 amide bonds. The van der Waals surface area contributed by atoms with E-state index >= 15 is 0 Å². The summed E-state index contributed by atoms with van der Waals surface area (Å²) in [4.78, 5) is 21.4. The van der Waals surface area contributed by atoms with Gasteiger partial charge in [0.15, 0.2) is 0 Å². The molecule has 1 aromatic carbocycles. The van der Waals surface area contributed by atoms with Crippen LogP contribution in [0.4, 0.5) is 9.18 Å². The van der Waals surface area contributed by atoms with E-state index < -0.39 is 18.6 Å². The Morgan fingerprint density at radius 1 is 1.21 bits per heavy atom. The van der Waals surface area contributed by atoms with Gasteiger partial charge in [-0.15, -0.1) is 0 Å². The Morgan fingerprint density at radius 3 is 2.53 bits per heavy atom. The summed E-state index contributed by atoms with van der Waals surface area (Å²) in [6.07, 6.45) is 0. The summed E-state index contributed by atoms with van der Waals surface area (Å²) >= 11 is 0. The molecule has 0 atom stereocenters. The smallest absolute Gasteiger partial charge is 0.329 e. The van der Waals surface area contributed by atoms with Crippen molar-refractivity contribution in [3.8, 4) is 0 Å². The molecule has 0 saturated heterocycles. The summed E-state index contributed by atoms with van der Waals surface area (Å²) in [5.41, 5.74) is 0.777. The number of carbonyl (C=O) groups excluding carboxylic acids is 1. The van der Waals surface area contributed by atoms with Crippen LogP contribution in [0.25, 0.3) is 0 Å². The van der Waals surface area contributed by atoms with Crippen LogP contribution < -0.4 is 10.6 Å². The van der Waals surface area contributed by atoms with E-state index in [-0.39, 0.29) is 25.5 Å². The van der Waals surface area contributed by atoms with Crippen molar-refractivity contribution in [3.63, 3.8) is 0 Å². The predicted octanol–water partition coefficient (Wildman–Crippen LogP) is 0.726. The molecule has 0 aliphatic heterocycles. The van der Waals surface area contributed by atoms with Crippen LogP contribution in [0.3, 0.4) is 0 Å². The van der Waals surface area contributed by atoms with Crippen molar-refractivity contribution in [2.24, 2.45) is 0 Å². The van der Waals surface area contributed by atoms with Crippen LogP contribution in [0.15, 0.2) is 24.3 Å². The van der Waals surface area contributed by atoms with Crippen molar-refractivity contribution in [2.75, 3.05) is 19.8 Å². The zero-order chi connectivity index (χ0) is 14.1. The van der Waals surface area contributed by atoms with Gasteiger partial charge in [0.1, 0.15) is 12.4 Å². The molecule has 1 aromatic rings. The van der Waals surface area contributed by atoms with E-state index in [0.717, 1.165) is 5.56 Å². The van der Waals surface area contributed by atoms with Gasteiger partial charge in [0.05, 0.1) is 6.61 Å². The molecule has 0 spiro atoms. The minimum atomic E-state index is -1.05. The molecule has 0 aliphatic carbocycles. The number of aliphatic carboxylic acids is 1. The molecular weight excluding hydrogens is 255 g/mol. The van der Waals surface area contributed by atoms with Gasteiger partial charge in [0, 0.05) is 13.1 Å². The number of rotatable bonds is 7. The predicted molar refractivity (Wildman–Crippen MR) is 65.1 cm³/mol. The van der Waals surface area contributed by atoms with Gasteiger partial charge in [-0.1, -0.05) is 12.1 Å². The van der Waals surface area contributed by atoms with Crippen LogP contribution in [0.1, 0.15) is 5.56 Å². The van der Waals surface area contributed by atoms with Crippen molar-refractivity contribution in [2.45, 2.75) is 6.54 Å². The van der Waals surface area contributed by atoms with Crippen molar-refractivity contribution >= 4 is 12.0 Å². The van der Waals surface area contributed by atoms with Crippen LogP contribution in [-0.2, 0) is 16.1 Å². The van der Waals surface area contributed by atoms with Crippen LogP contribution in [0.5, 0.6) is 0 Å². The lowest BCUT2D eigenvalue weighted by molar-refractivity contribution is -0.142. The molecule has 6 nitrogen and oxygen atoms in total. The Balaban J connectivity index is 2.11. The van der Waals surface area contributed by atoms with Gasteiger partial charge in [0.2, 0.25) is 0 Å². The minimum absolute atomic E-state index is 0.121. The lowest BCUT2D eigenvalue weighted by atomic mass is 10.2. The van der Waals surface area contributed by atoms with Crippen molar-refractivity contribution in [3.05, 3.63) is 35.6 Å². The molecule has 104 valence electrons. The number of amides is 2. The lowest BCUT2D eigenvalue weighted by Crippen LogP contribution is -2.37. The summed E-state index contributed by atoms with van der Waals surface area (Å²) in [7, 11) is 0. The fourth-order valence-electron chi connectivity index (χ4n) is 1.24. The van der Waals surface area contributed by atoms with Crippen LogP contribution in [0, 0.1) is 5.82 Å². The third kappa shape index (κ3) is 6.99. The van der Waals surface area contributed by atoms with E-state index in [9.17, 15) is 14.0 Å². The quantitative estimate of drug-likeness (QED) is 0.637. The van der Waals surface area contributed by atoms with Gasteiger partial charge in [-0.2, -0.15) is 0 Å². The number of hydrogen-bond donors (Lipinski definition) is 3. The number of hydrogen-bond acceptors (Lipinski definition) is 3. The lowest BCUT2D eigenvalue weighted by Gasteiger charge is -2.07. The number of carboxylic acid groups (broad SMARTS) is 1. The molecular formula is C12H15FN2O4. The number of halogens is 1. The van der Waals surface area contributed by atoms with Gasteiger partial charge in [-0.05, 0) is 17.7 Å². The molecule has 3 N–H and O–H groups in total. The topological polar surface area (TPSA) is 87.7 Å². The SMILES string of the molecule is O=C(O)COCCNC(=O)NCc1ccc(F)cc1. The highest BCUT2D eigenvalue weighted by Crippen LogP contribution is 2.01. The summed E-state index contributed by atoms with van der Waals surface area (Å²) in [6, 6.07) is 5.38. The summed E-state index contributed by atoms with van der Waals surface area (Å²) in [5, 5.41) is 13.4. The number of carbonyl (C=O) groups is 2. The molecule has 0 bridgehead atoms. The average molecular weight is 270 g/mol. The third-order valence-corrected chi connectivity index (χ3v) is 2.12. The molecule has 0 saturated carbocycles. The van der Waals surface area contributed by atoms with E-state index in [4.69, 9.17) is 9.84 Å². The van der Waals surface area contributed by atoms with Crippen LogP contribution in [0.2, 0.25) is 0 Å². The molecule has 0 aromatic heterocycles. The van der Waals surface area contributed by atoms with Crippen molar-refractivity contribution < 1.29 is 23.8 Å². The van der Waals surface area contributed by atoms with Gasteiger partial charge in [0.25, 0.3) is 0 Å². The van der Waals surface area contributed by atoms with Gasteiger partial charge in [-0.3, -0.25) is 0 Å². The highest BCUT2D eigenvalue weighted by Gasteiger charge is 2.01. The Labute approximate surface area is 109 Å². The van der Waals surface area contributed by atoms with E-state index in [2.05, 4.69) is 10.6 Å². The molecule has 0 unspecified atom stereocenters. The average Bonchev–Trinajstić information content (AvgIpc) is 2.37. The first-order valence-corrected chi connectivity index (χ1v) is 5.63. The molecule has 19 heavy (non-hydrogen) atoms. The highest BCUT2D eigenvalue weighted by atomic mass is 19.1. The molecule has 0 heterocycles. The first-order chi connectivity index (χ1) is 9.08. The number of nitrogens with one attached hydrogen (secondary N) is 2. The first-order valence-electron chi connectivity index (χ1n) is 5.63. The number of benzene rings is 1. The molecule has 7 heteroatoms. The number of ether oxygens (including phenoxy) is 1. The zero-order valence-corrected chi connectivity index (χ0v) is 10.2. The van der Waals surface area contributed by atoms with Crippen LogP contribution in [-0.4, -0.2) is 36.9 Å². The standard InChI is InChI=1S/C12H15FN2O4/c13-10-3-1-9(2-4-10)7-15-12(18)14-5-6-19-8-11(16)17/h1-4H,5-8H2,(H,16,17)(H2,14,15,18). The molecule has 0 aliphatic rings. The fourth-order valence-corrected chi connectivity index (χ4v) is 1.24. The van der Waals surface area contributed by atoms with E-state index in [1.807, 2.05) is 0 Å². The van der Waals surface area contributed by atoms with Gasteiger partial charge in [-0.25, -0.2) is 14.0 Å². The number of urea groups is 1.